The van der Waals surface area contributed by atoms with Gasteiger partial charge in [-0.15, -0.1) is 0 Å². The van der Waals surface area contributed by atoms with Crippen molar-refractivity contribution in [2.75, 3.05) is 13.1 Å². The molecule has 0 spiro atoms. The molecule has 3 N–H and O–H groups in total. The third-order valence-corrected chi connectivity index (χ3v) is 3.09. The zero-order chi connectivity index (χ0) is 12.3. The minimum absolute atomic E-state index is 0.443. The molecular weight excluding hydrogens is 210 g/mol. The maximum Gasteiger partial charge on any atom is 0.0984 e. The summed E-state index contributed by atoms with van der Waals surface area (Å²) in [7, 11) is 0. The van der Waals surface area contributed by atoms with Crippen molar-refractivity contribution in [3.8, 4) is 0 Å². The predicted molar refractivity (Wildman–Crippen MR) is 74.3 cm³/mol. The van der Waals surface area contributed by atoms with Gasteiger partial charge in [0, 0.05) is 25.5 Å². The molecule has 1 aliphatic rings. The van der Waals surface area contributed by atoms with Gasteiger partial charge in [0.15, 0.2) is 0 Å². The van der Waals surface area contributed by atoms with E-state index in [2.05, 4.69) is 35.5 Å². The Hall–Kier alpha value is -0.960. The highest BCUT2D eigenvalue weighted by molar-refractivity contribution is 4.95. The summed E-state index contributed by atoms with van der Waals surface area (Å²) in [6, 6.07) is 0. The standard InChI is InChI=1S/C14H27N3/c1-2-3-4-5-6-7-8-9-14-16-11-13-17(14)12-10-15/h6-7,11,13-14,16H,2-5,8-10,12,15H2,1H3/b7-6+. The van der Waals surface area contributed by atoms with Gasteiger partial charge in [0.25, 0.3) is 0 Å². The van der Waals surface area contributed by atoms with Crippen LogP contribution in [-0.2, 0) is 0 Å². The summed E-state index contributed by atoms with van der Waals surface area (Å²) in [4.78, 5) is 2.28. The molecule has 3 nitrogen and oxygen atoms in total. The molecule has 0 amide bonds. The maximum absolute atomic E-state index is 5.58. The van der Waals surface area contributed by atoms with Gasteiger partial charge in [-0.25, -0.2) is 0 Å². The molecule has 0 aliphatic carbocycles. The third kappa shape index (κ3) is 5.78. The molecule has 3 heteroatoms. The Morgan fingerprint density at radius 3 is 2.88 bits per heavy atom. The Kier molecular flexibility index (Phi) is 7.56. The van der Waals surface area contributed by atoms with E-state index in [1.54, 1.807) is 0 Å². The van der Waals surface area contributed by atoms with Crippen LogP contribution >= 0.6 is 0 Å². The van der Waals surface area contributed by atoms with E-state index in [1.807, 2.05) is 6.20 Å². The van der Waals surface area contributed by atoms with Crippen LogP contribution in [0, 0.1) is 0 Å². The van der Waals surface area contributed by atoms with Crippen LogP contribution in [0.1, 0.15) is 45.4 Å². The Morgan fingerprint density at radius 2 is 2.12 bits per heavy atom. The summed E-state index contributed by atoms with van der Waals surface area (Å²) < 4.78 is 0. The molecule has 0 bridgehead atoms. The van der Waals surface area contributed by atoms with Crippen LogP contribution in [0.3, 0.4) is 0 Å². The number of nitrogens with two attached hydrogens (primary N) is 1. The van der Waals surface area contributed by atoms with Gasteiger partial charge in [-0.1, -0.05) is 31.9 Å². The number of rotatable bonds is 9. The average Bonchev–Trinajstić information content (AvgIpc) is 2.76. The molecule has 17 heavy (non-hydrogen) atoms. The summed E-state index contributed by atoms with van der Waals surface area (Å²) in [6.07, 6.45) is 16.7. The molecule has 0 radical (unpaired) electrons. The SMILES string of the molecule is CCCCC/C=C/CCC1NC=CN1CCN. The third-order valence-electron chi connectivity index (χ3n) is 3.09. The summed E-state index contributed by atoms with van der Waals surface area (Å²) >= 11 is 0. The lowest BCUT2D eigenvalue weighted by Crippen LogP contribution is -2.37. The van der Waals surface area contributed by atoms with Crippen LogP contribution < -0.4 is 11.1 Å². The molecule has 0 aromatic heterocycles. The van der Waals surface area contributed by atoms with Crippen LogP contribution in [-0.4, -0.2) is 24.2 Å². The summed E-state index contributed by atoms with van der Waals surface area (Å²) in [5.74, 6) is 0. The van der Waals surface area contributed by atoms with Crippen LogP contribution in [0.15, 0.2) is 24.6 Å². The summed E-state index contributed by atoms with van der Waals surface area (Å²) in [6.45, 7) is 3.90. The zero-order valence-corrected chi connectivity index (χ0v) is 11.1. The molecular formula is C14H27N3. The maximum atomic E-state index is 5.58. The molecule has 0 aromatic rings. The van der Waals surface area contributed by atoms with Gasteiger partial charge in [0.2, 0.25) is 0 Å². The fourth-order valence-corrected chi connectivity index (χ4v) is 2.08. The number of allylic oxidation sites excluding steroid dienone is 2. The van der Waals surface area contributed by atoms with Crippen molar-refractivity contribution in [2.24, 2.45) is 5.73 Å². The zero-order valence-electron chi connectivity index (χ0n) is 11.1. The van der Waals surface area contributed by atoms with Crippen molar-refractivity contribution >= 4 is 0 Å². The van der Waals surface area contributed by atoms with Gasteiger partial charge in [0.1, 0.15) is 0 Å². The second-order valence-electron chi connectivity index (χ2n) is 4.57. The van der Waals surface area contributed by atoms with Crippen molar-refractivity contribution in [2.45, 2.75) is 51.6 Å². The van der Waals surface area contributed by atoms with E-state index in [9.17, 15) is 0 Å². The van der Waals surface area contributed by atoms with Crippen molar-refractivity contribution in [3.05, 3.63) is 24.6 Å². The largest absolute Gasteiger partial charge is 0.370 e. The predicted octanol–water partition coefficient (Wildman–Crippen LogP) is 2.56. The Morgan fingerprint density at radius 1 is 1.29 bits per heavy atom. The second-order valence-corrected chi connectivity index (χ2v) is 4.57. The van der Waals surface area contributed by atoms with E-state index in [4.69, 9.17) is 5.73 Å². The molecule has 1 atom stereocenters. The first kappa shape index (κ1) is 14.1. The van der Waals surface area contributed by atoms with E-state index >= 15 is 0 Å². The smallest absolute Gasteiger partial charge is 0.0984 e. The number of hydrogen-bond acceptors (Lipinski definition) is 3. The molecule has 98 valence electrons. The first-order valence-electron chi connectivity index (χ1n) is 6.92. The van der Waals surface area contributed by atoms with E-state index in [1.165, 1.54) is 25.7 Å². The van der Waals surface area contributed by atoms with Crippen molar-refractivity contribution in [1.29, 1.82) is 0 Å². The summed E-state index contributed by atoms with van der Waals surface area (Å²) in [5.41, 5.74) is 5.58. The highest BCUT2D eigenvalue weighted by atomic mass is 15.3. The highest BCUT2D eigenvalue weighted by Gasteiger charge is 2.15. The fourth-order valence-electron chi connectivity index (χ4n) is 2.08. The van der Waals surface area contributed by atoms with Crippen LogP contribution in [0.5, 0.6) is 0 Å². The van der Waals surface area contributed by atoms with Crippen LogP contribution in [0.2, 0.25) is 0 Å². The molecule has 1 rings (SSSR count). The van der Waals surface area contributed by atoms with Crippen molar-refractivity contribution in [1.82, 2.24) is 10.2 Å². The molecule has 0 saturated carbocycles. The van der Waals surface area contributed by atoms with E-state index in [0.29, 0.717) is 6.17 Å². The van der Waals surface area contributed by atoms with Gasteiger partial charge in [0.05, 0.1) is 6.17 Å². The van der Waals surface area contributed by atoms with Gasteiger partial charge >= 0.3 is 0 Å². The minimum atomic E-state index is 0.443. The average molecular weight is 237 g/mol. The molecule has 1 aliphatic heterocycles. The fraction of sp³-hybridized carbons (Fsp3) is 0.714. The quantitative estimate of drug-likeness (QED) is 0.478. The Balaban J connectivity index is 2.05. The molecule has 0 fully saturated rings. The highest BCUT2D eigenvalue weighted by Crippen LogP contribution is 2.10. The number of nitrogens with one attached hydrogen (secondary N) is 1. The van der Waals surface area contributed by atoms with Crippen LogP contribution in [0.25, 0.3) is 0 Å². The van der Waals surface area contributed by atoms with Gasteiger partial charge in [-0.2, -0.15) is 0 Å². The lowest BCUT2D eigenvalue weighted by molar-refractivity contribution is 0.272. The molecule has 1 heterocycles. The first-order chi connectivity index (χ1) is 8.38. The second kappa shape index (κ2) is 9.11. The first-order valence-corrected chi connectivity index (χ1v) is 6.92. The van der Waals surface area contributed by atoms with Crippen LogP contribution in [0.4, 0.5) is 0 Å². The van der Waals surface area contributed by atoms with E-state index < -0.39 is 0 Å². The lowest BCUT2D eigenvalue weighted by Gasteiger charge is -2.24. The van der Waals surface area contributed by atoms with Gasteiger partial charge < -0.3 is 16.0 Å². The van der Waals surface area contributed by atoms with E-state index in [-0.39, 0.29) is 0 Å². The van der Waals surface area contributed by atoms with Crippen molar-refractivity contribution < 1.29 is 0 Å². The molecule has 0 saturated heterocycles. The number of nitrogens with zero attached hydrogens (tertiary/aromatic N) is 1. The number of unbranched alkanes of at least 4 members (excludes halogenated alkanes) is 3. The van der Waals surface area contributed by atoms with Gasteiger partial charge in [-0.3, -0.25) is 0 Å². The van der Waals surface area contributed by atoms with Crippen molar-refractivity contribution in [3.63, 3.8) is 0 Å². The minimum Gasteiger partial charge on any atom is -0.370 e. The molecule has 1 unspecified atom stereocenters. The monoisotopic (exact) mass is 237 g/mol. The Bertz CT molecular complexity index is 236. The lowest BCUT2D eigenvalue weighted by atomic mass is 10.1. The number of hydrogen-bond donors (Lipinski definition) is 2. The van der Waals surface area contributed by atoms with E-state index in [0.717, 1.165) is 25.9 Å². The normalized spacial score (nSPS) is 19.2. The Labute approximate surface area is 106 Å². The summed E-state index contributed by atoms with van der Waals surface area (Å²) in [5, 5.41) is 3.36. The molecule has 0 aromatic carbocycles. The topological polar surface area (TPSA) is 41.3 Å². The van der Waals surface area contributed by atoms with Gasteiger partial charge in [-0.05, 0) is 25.7 Å².